The van der Waals surface area contributed by atoms with E-state index in [2.05, 4.69) is 22.9 Å². The topological polar surface area (TPSA) is 26.3 Å². The number of rotatable bonds is 4. The van der Waals surface area contributed by atoms with E-state index >= 15 is 0 Å². The van der Waals surface area contributed by atoms with E-state index in [9.17, 15) is 4.79 Å². The summed E-state index contributed by atoms with van der Waals surface area (Å²) >= 11 is 3.40. The SMILES string of the molecule is CCC1CCCC(Oc2ccc(Br)cc2C(C)=O)C1. The van der Waals surface area contributed by atoms with Gasteiger partial charge in [0.1, 0.15) is 5.75 Å². The minimum absolute atomic E-state index is 0.0548. The second-order valence-electron chi connectivity index (χ2n) is 5.38. The molecule has 3 heteroatoms. The highest BCUT2D eigenvalue weighted by atomic mass is 79.9. The standard InChI is InChI=1S/C16H21BrO2/c1-3-12-5-4-6-14(9-12)19-16-8-7-13(17)10-15(16)11(2)18/h7-8,10,12,14H,3-6,9H2,1-2H3. The average molecular weight is 325 g/mol. The molecule has 2 atom stereocenters. The van der Waals surface area contributed by atoms with Crippen LogP contribution in [-0.4, -0.2) is 11.9 Å². The lowest BCUT2D eigenvalue weighted by Crippen LogP contribution is -2.25. The van der Waals surface area contributed by atoms with Crippen LogP contribution in [0.2, 0.25) is 0 Å². The number of Topliss-reactive ketones (excluding diaryl/α,β-unsaturated/α-hetero) is 1. The molecule has 1 saturated carbocycles. The Morgan fingerprint density at radius 3 is 2.89 bits per heavy atom. The molecule has 19 heavy (non-hydrogen) atoms. The predicted molar refractivity (Wildman–Crippen MR) is 80.8 cm³/mol. The number of hydrogen-bond acceptors (Lipinski definition) is 2. The summed E-state index contributed by atoms with van der Waals surface area (Å²) in [6.07, 6.45) is 6.25. The van der Waals surface area contributed by atoms with Crippen LogP contribution in [0.15, 0.2) is 22.7 Å². The van der Waals surface area contributed by atoms with E-state index in [-0.39, 0.29) is 11.9 Å². The van der Waals surface area contributed by atoms with Crippen LogP contribution < -0.4 is 4.74 Å². The monoisotopic (exact) mass is 324 g/mol. The van der Waals surface area contributed by atoms with Gasteiger partial charge in [0.2, 0.25) is 0 Å². The first-order chi connectivity index (χ1) is 9.10. The van der Waals surface area contributed by atoms with Crippen LogP contribution in [0, 0.1) is 5.92 Å². The third-order valence-electron chi connectivity index (χ3n) is 3.93. The van der Waals surface area contributed by atoms with Gasteiger partial charge in [-0.2, -0.15) is 0 Å². The van der Waals surface area contributed by atoms with Gasteiger partial charge >= 0.3 is 0 Å². The molecule has 0 saturated heterocycles. The van der Waals surface area contributed by atoms with Gasteiger partial charge in [-0.15, -0.1) is 0 Å². The minimum atomic E-state index is 0.0548. The second-order valence-corrected chi connectivity index (χ2v) is 6.29. The van der Waals surface area contributed by atoms with Crippen molar-refractivity contribution in [3.05, 3.63) is 28.2 Å². The fourth-order valence-electron chi connectivity index (χ4n) is 2.78. The Morgan fingerprint density at radius 2 is 2.21 bits per heavy atom. The molecule has 1 aliphatic rings. The quantitative estimate of drug-likeness (QED) is 0.728. The number of carbonyl (C=O) groups excluding carboxylic acids is 1. The Bertz CT molecular complexity index is 456. The van der Waals surface area contributed by atoms with Crippen molar-refractivity contribution in [2.45, 2.75) is 52.1 Å². The summed E-state index contributed by atoms with van der Waals surface area (Å²) in [5, 5.41) is 0. The summed E-state index contributed by atoms with van der Waals surface area (Å²) in [6.45, 7) is 3.83. The number of halogens is 1. The van der Waals surface area contributed by atoms with E-state index in [1.807, 2.05) is 18.2 Å². The third-order valence-corrected chi connectivity index (χ3v) is 4.42. The van der Waals surface area contributed by atoms with Crippen LogP contribution in [0.3, 0.4) is 0 Å². The Balaban J connectivity index is 2.12. The number of carbonyl (C=O) groups is 1. The summed E-state index contributed by atoms with van der Waals surface area (Å²) in [5.41, 5.74) is 0.674. The highest BCUT2D eigenvalue weighted by Gasteiger charge is 2.23. The molecule has 0 spiro atoms. The second kappa shape index (κ2) is 6.56. The number of hydrogen-bond donors (Lipinski definition) is 0. The van der Waals surface area contributed by atoms with Crippen molar-refractivity contribution in [3.63, 3.8) is 0 Å². The van der Waals surface area contributed by atoms with Gasteiger partial charge < -0.3 is 4.74 Å². The van der Waals surface area contributed by atoms with Gasteiger partial charge in [0.25, 0.3) is 0 Å². The lowest BCUT2D eigenvalue weighted by Gasteiger charge is -2.29. The van der Waals surface area contributed by atoms with E-state index in [1.54, 1.807) is 6.92 Å². The molecule has 2 unspecified atom stereocenters. The first-order valence-corrected chi connectivity index (χ1v) is 7.86. The average Bonchev–Trinajstić information content (AvgIpc) is 2.41. The molecule has 0 N–H and O–H groups in total. The van der Waals surface area contributed by atoms with Crippen molar-refractivity contribution in [1.82, 2.24) is 0 Å². The van der Waals surface area contributed by atoms with Crippen molar-refractivity contribution in [2.24, 2.45) is 5.92 Å². The zero-order valence-electron chi connectivity index (χ0n) is 11.6. The highest BCUT2D eigenvalue weighted by molar-refractivity contribution is 9.10. The maximum Gasteiger partial charge on any atom is 0.163 e. The molecular weight excluding hydrogens is 304 g/mol. The molecule has 0 bridgehead atoms. The maximum absolute atomic E-state index is 11.7. The van der Waals surface area contributed by atoms with Gasteiger partial charge in [0, 0.05) is 4.47 Å². The van der Waals surface area contributed by atoms with E-state index in [0.717, 1.165) is 29.0 Å². The first kappa shape index (κ1) is 14.6. The van der Waals surface area contributed by atoms with E-state index in [4.69, 9.17) is 4.74 Å². The molecule has 2 rings (SSSR count). The number of ketones is 1. The van der Waals surface area contributed by atoms with Gasteiger partial charge in [-0.25, -0.2) is 0 Å². The van der Waals surface area contributed by atoms with Crippen molar-refractivity contribution in [2.75, 3.05) is 0 Å². The lowest BCUT2D eigenvalue weighted by molar-refractivity contribution is 0.0988. The van der Waals surface area contributed by atoms with Crippen LogP contribution >= 0.6 is 15.9 Å². The van der Waals surface area contributed by atoms with Crippen LogP contribution in [0.5, 0.6) is 5.75 Å². The van der Waals surface area contributed by atoms with Gasteiger partial charge in [-0.3, -0.25) is 4.79 Å². The Morgan fingerprint density at radius 1 is 1.42 bits per heavy atom. The zero-order chi connectivity index (χ0) is 13.8. The molecule has 0 amide bonds. The smallest absolute Gasteiger partial charge is 0.163 e. The molecular formula is C16H21BrO2. The van der Waals surface area contributed by atoms with Gasteiger partial charge in [-0.1, -0.05) is 35.7 Å². The fourth-order valence-corrected chi connectivity index (χ4v) is 3.14. The third kappa shape index (κ3) is 3.82. The Labute approximate surface area is 123 Å². The van der Waals surface area contributed by atoms with Gasteiger partial charge in [-0.05, 0) is 50.3 Å². The first-order valence-electron chi connectivity index (χ1n) is 7.07. The maximum atomic E-state index is 11.7. The van der Waals surface area contributed by atoms with Crippen molar-refractivity contribution in [3.8, 4) is 5.75 Å². The van der Waals surface area contributed by atoms with Gasteiger partial charge in [0.05, 0.1) is 11.7 Å². The number of benzene rings is 1. The summed E-state index contributed by atoms with van der Waals surface area (Å²) in [6, 6.07) is 5.68. The Hall–Kier alpha value is -0.830. The molecule has 0 aliphatic heterocycles. The van der Waals surface area contributed by atoms with Crippen molar-refractivity contribution < 1.29 is 9.53 Å². The van der Waals surface area contributed by atoms with Crippen LogP contribution in [0.25, 0.3) is 0 Å². The summed E-state index contributed by atoms with van der Waals surface area (Å²) < 4.78 is 7.01. The summed E-state index contributed by atoms with van der Waals surface area (Å²) in [5.74, 6) is 1.56. The molecule has 0 aromatic heterocycles. The highest BCUT2D eigenvalue weighted by Crippen LogP contribution is 2.31. The van der Waals surface area contributed by atoms with E-state index in [1.165, 1.54) is 19.3 Å². The van der Waals surface area contributed by atoms with Crippen molar-refractivity contribution in [1.29, 1.82) is 0 Å². The largest absolute Gasteiger partial charge is 0.490 e. The van der Waals surface area contributed by atoms with Crippen LogP contribution in [0.1, 0.15) is 56.3 Å². The molecule has 1 aliphatic carbocycles. The van der Waals surface area contributed by atoms with Gasteiger partial charge in [0.15, 0.2) is 5.78 Å². The molecule has 0 radical (unpaired) electrons. The number of ether oxygens (including phenoxy) is 1. The molecule has 1 fully saturated rings. The van der Waals surface area contributed by atoms with Crippen molar-refractivity contribution >= 4 is 21.7 Å². The fraction of sp³-hybridized carbons (Fsp3) is 0.562. The molecule has 1 aromatic carbocycles. The Kier molecular flexibility index (Phi) is 5.03. The van der Waals surface area contributed by atoms with E-state index < -0.39 is 0 Å². The predicted octanol–water partition coefficient (Wildman–Crippen LogP) is 5.00. The minimum Gasteiger partial charge on any atom is -0.490 e. The molecule has 104 valence electrons. The van der Waals surface area contributed by atoms with Crippen LogP contribution in [0.4, 0.5) is 0 Å². The normalized spacial score (nSPS) is 23.1. The molecule has 0 heterocycles. The van der Waals surface area contributed by atoms with E-state index in [0.29, 0.717) is 5.56 Å². The lowest BCUT2D eigenvalue weighted by atomic mass is 9.85. The van der Waals surface area contributed by atoms with Crippen LogP contribution in [-0.2, 0) is 0 Å². The summed E-state index contributed by atoms with van der Waals surface area (Å²) in [4.78, 5) is 11.7. The molecule has 2 nitrogen and oxygen atoms in total. The molecule has 1 aromatic rings. The summed E-state index contributed by atoms with van der Waals surface area (Å²) in [7, 11) is 0. The zero-order valence-corrected chi connectivity index (χ0v) is 13.2.